The SMILES string of the molecule is COc1ccc([C@@H]2C[C@H](CO)CN2C)cc1OC. The number of ether oxygens (including phenoxy) is 2. The minimum Gasteiger partial charge on any atom is -0.493 e. The van der Waals surface area contributed by atoms with Crippen LogP contribution in [-0.4, -0.2) is 44.4 Å². The Hall–Kier alpha value is -1.26. The number of hydrogen-bond acceptors (Lipinski definition) is 4. The van der Waals surface area contributed by atoms with Gasteiger partial charge in [0.2, 0.25) is 0 Å². The standard InChI is InChI=1S/C14H21NO3/c1-15-8-10(9-16)6-12(15)11-4-5-13(17-2)14(7-11)18-3/h4-5,7,10,12,16H,6,8-9H2,1-3H3/t10-,12-/m0/s1. The molecule has 1 aromatic rings. The van der Waals surface area contributed by atoms with E-state index in [1.54, 1.807) is 14.2 Å². The van der Waals surface area contributed by atoms with Crippen molar-refractivity contribution in [1.29, 1.82) is 0 Å². The molecule has 1 fully saturated rings. The van der Waals surface area contributed by atoms with Crippen molar-refractivity contribution in [3.63, 3.8) is 0 Å². The first-order valence-electron chi connectivity index (χ1n) is 6.22. The van der Waals surface area contributed by atoms with E-state index in [2.05, 4.69) is 18.0 Å². The minimum absolute atomic E-state index is 0.258. The fraction of sp³-hybridized carbons (Fsp3) is 0.571. The van der Waals surface area contributed by atoms with Crippen LogP contribution in [0.3, 0.4) is 0 Å². The molecule has 0 spiro atoms. The fourth-order valence-corrected chi connectivity index (χ4v) is 2.69. The van der Waals surface area contributed by atoms with Gasteiger partial charge in [-0.25, -0.2) is 0 Å². The van der Waals surface area contributed by atoms with Gasteiger partial charge in [-0.15, -0.1) is 0 Å². The predicted octanol–water partition coefficient (Wildman–Crippen LogP) is 1.69. The maximum Gasteiger partial charge on any atom is 0.161 e. The Labute approximate surface area is 108 Å². The lowest BCUT2D eigenvalue weighted by Crippen LogP contribution is -2.19. The van der Waals surface area contributed by atoms with Gasteiger partial charge in [0.15, 0.2) is 11.5 Å². The van der Waals surface area contributed by atoms with Crippen LogP contribution in [0.5, 0.6) is 11.5 Å². The first-order chi connectivity index (χ1) is 8.69. The summed E-state index contributed by atoms with van der Waals surface area (Å²) in [6.45, 7) is 1.20. The molecule has 0 unspecified atom stereocenters. The first-order valence-corrected chi connectivity index (χ1v) is 6.22. The van der Waals surface area contributed by atoms with E-state index in [1.165, 1.54) is 5.56 Å². The van der Waals surface area contributed by atoms with Crippen LogP contribution >= 0.6 is 0 Å². The van der Waals surface area contributed by atoms with Crippen molar-refractivity contribution in [2.24, 2.45) is 5.92 Å². The third-order valence-electron chi connectivity index (χ3n) is 3.69. The molecule has 1 aromatic carbocycles. The third kappa shape index (κ3) is 2.44. The molecule has 1 N–H and O–H groups in total. The highest BCUT2D eigenvalue weighted by atomic mass is 16.5. The Kier molecular flexibility index (Phi) is 4.09. The molecular weight excluding hydrogens is 230 g/mol. The lowest BCUT2D eigenvalue weighted by Gasteiger charge is -2.20. The second kappa shape index (κ2) is 5.59. The van der Waals surface area contributed by atoms with E-state index in [4.69, 9.17) is 9.47 Å². The average Bonchev–Trinajstić information content (AvgIpc) is 2.79. The zero-order valence-corrected chi connectivity index (χ0v) is 11.2. The highest BCUT2D eigenvalue weighted by Gasteiger charge is 2.30. The summed E-state index contributed by atoms with van der Waals surface area (Å²) in [6, 6.07) is 6.39. The summed E-state index contributed by atoms with van der Waals surface area (Å²) in [4.78, 5) is 2.28. The zero-order valence-electron chi connectivity index (χ0n) is 11.2. The van der Waals surface area contributed by atoms with Crippen LogP contribution in [0.15, 0.2) is 18.2 Å². The number of benzene rings is 1. The van der Waals surface area contributed by atoms with E-state index in [9.17, 15) is 5.11 Å². The molecule has 4 nitrogen and oxygen atoms in total. The van der Waals surface area contributed by atoms with Crippen LogP contribution < -0.4 is 9.47 Å². The predicted molar refractivity (Wildman–Crippen MR) is 70.1 cm³/mol. The van der Waals surface area contributed by atoms with E-state index >= 15 is 0 Å². The van der Waals surface area contributed by atoms with Gasteiger partial charge in [0, 0.05) is 19.2 Å². The van der Waals surface area contributed by atoms with Crippen molar-refractivity contribution in [2.75, 3.05) is 34.4 Å². The number of hydrogen-bond donors (Lipinski definition) is 1. The smallest absolute Gasteiger partial charge is 0.161 e. The van der Waals surface area contributed by atoms with E-state index in [1.807, 2.05) is 12.1 Å². The van der Waals surface area contributed by atoms with Gasteiger partial charge in [-0.3, -0.25) is 4.90 Å². The van der Waals surface area contributed by atoms with Gasteiger partial charge in [-0.05, 0) is 37.1 Å². The monoisotopic (exact) mass is 251 g/mol. The van der Waals surface area contributed by atoms with E-state index in [0.29, 0.717) is 12.0 Å². The molecule has 2 rings (SSSR count). The van der Waals surface area contributed by atoms with Gasteiger partial charge in [0.25, 0.3) is 0 Å². The normalized spacial score (nSPS) is 24.2. The van der Waals surface area contributed by atoms with Gasteiger partial charge < -0.3 is 14.6 Å². The molecular formula is C14H21NO3. The Morgan fingerprint density at radius 1 is 1.28 bits per heavy atom. The molecule has 0 saturated carbocycles. The maximum absolute atomic E-state index is 9.26. The van der Waals surface area contributed by atoms with Crippen LogP contribution in [0, 0.1) is 5.92 Å². The second-order valence-corrected chi connectivity index (χ2v) is 4.85. The van der Waals surface area contributed by atoms with Crippen molar-refractivity contribution in [1.82, 2.24) is 4.90 Å². The topological polar surface area (TPSA) is 41.9 Å². The van der Waals surface area contributed by atoms with Gasteiger partial charge in [-0.2, -0.15) is 0 Å². The molecule has 1 saturated heterocycles. The zero-order chi connectivity index (χ0) is 13.1. The van der Waals surface area contributed by atoms with Gasteiger partial charge in [-0.1, -0.05) is 6.07 Å². The number of likely N-dealkylation sites (tertiary alicyclic amines) is 1. The maximum atomic E-state index is 9.26. The lowest BCUT2D eigenvalue weighted by molar-refractivity contribution is 0.227. The summed E-state index contributed by atoms with van der Waals surface area (Å²) in [7, 11) is 5.38. The minimum atomic E-state index is 0.258. The Morgan fingerprint density at radius 2 is 2.00 bits per heavy atom. The van der Waals surface area contributed by atoms with Crippen LogP contribution in [0.25, 0.3) is 0 Å². The largest absolute Gasteiger partial charge is 0.493 e. The molecule has 1 heterocycles. The molecule has 0 amide bonds. The van der Waals surface area contributed by atoms with E-state index in [-0.39, 0.29) is 6.61 Å². The van der Waals surface area contributed by atoms with Gasteiger partial charge in [0.05, 0.1) is 14.2 Å². The number of aliphatic hydroxyl groups excluding tert-OH is 1. The highest BCUT2D eigenvalue weighted by molar-refractivity contribution is 5.44. The molecule has 1 aliphatic heterocycles. The molecule has 0 aliphatic carbocycles. The molecule has 0 aromatic heterocycles. The quantitative estimate of drug-likeness (QED) is 0.884. The van der Waals surface area contributed by atoms with Crippen LogP contribution in [0.4, 0.5) is 0 Å². The number of rotatable bonds is 4. The van der Waals surface area contributed by atoms with Crippen molar-refractivity contribution >= 4 is 0 Å². The molecule has 18 heavy (non-hydrogen) atoms. The highest BCUT2D eigenvalue weighted by Crippen LogP contribution is 2.37. The molecule has 100 valence electrons. The number of methoxy groups -OCH3 is 2. The van der Waals surface area contributed by atoms with Crippen molar-refractivity contribution in [3.05, 3.63) is 23.8 Å². The average molecular weight is 251 g/mol. The first kappa shape index (κ1) is 13.2. The van der Waals surface area contributed by atoms with Gasteiger partial charge in [0.1, 0.15) is 0 Å². The molecule has 0 radical (unpaired) electrons. The lowest BCUT2D eigenvalue weighted by atomic mass is 10.00. The van der Waals surface area contributed by atoms with Crippen molar-refractivity contribution < 1.29 is 14.6 Å². The summed E-state index contributed by atoms with van der Waals surface area (Å²) >= 11 is 0. The molecule has 1 aliphatic rings. The molecule has 2 atom stereocenters. The van der Waals surface area contributed by atoms with Crippen LogP contribution in [0.1, 0.15) is 18.0 Å². The summed E-state index contributed by atoms with van der Waals surface area (Å²) in [6.07, 6.45) is 0.989. The Bertz CT molecular complexity index is 408. The molecule has 4 heteroatoms. The summed E-state index contributed by atoms with van der Waals surface area (Å²) in [5.41, 5.74) is 1.21. The third-order valence-corrected chi connectivity index (χ3v) is 3.69. The molecule has 0 bridgehead atoms. The second-order valence-electron chi connectivity index (χ2n) is 4.85. The fourth-order valence-electron chi connectivity index (χ4n) is 2.69. The number of aliphatic hydroxyl groups is 1. The van der Waals surface area contributed by atoms with Gasteiger partial charge >= 0.3 is 0 Å². The summed E-state index contributed by atoms with van der Waals surface area (Å²) in [5, 5.41) is 9.26. The van der Waals surface area contributed by atoms with Crippen LogP contribution in [-0.2, 0) is 0 Å². The van der Waals surface area contributed by atoms with E-state index < -0.39 is 0 Å². The van der Waals surface area contributed by atoms with Crippen molar-refractivity contribution in [3.8, 4) is 11.5 Å². The summed E-state index contributed by atoms with van der Waals surface area (Å²) in [5.74, 6) is 1.88. The Balaban J connectivity index is 2.23. The Morgan fingerprint density at radius 3 is 2.56 bits per heavy atom. The van der Waals surface area contributed by atoms with E-state index in [0.717, 1.165) is 24.5 Å². The van der Waals surface area contributed by atoms with Crippen LogP contribution in [0.2, 0.25) is 0 Å². The number of nitrogens with zero attached hydrogens (tertiary/aromatic N) is 1. The van der Waals surface area contributed by atoms with Crippen molar-refractivity contribution in [2.45, 2.75) is 12.5 Å². The summed E-state index contributed by atoms with van der Waals surface area (Å²) < 4.78 is 10.6.